The normalized spacial score (nSPS) is 11.3. The summed E-state index contributed by atoms with van der Waals surface area (Å²) in [5.41, 5.74) is 1.20. The van der Waals surface area contributed by atoms with E-state index in [1.807, 2.05) is 0 Å². The van der Waals surface area contributed by atoms with E-state index < -0.39 is 18.0 Å². The molecular weight excluding hydrogens is 260 g/mol. The number of rotatable bonds is 5. The van der Waals surface area contributed by atoms with E-state index in [-0.39, 0.29) is 12.3 Å². The highest BCUT2D eigenvalue weighted by molar-refractivity contribution is 5.95. The molecule has 1 unspecified atom stereocenters. The van der Waals surface area contributed by atoms with Crippen LogP contribution in [0.3, 0.4) is 0 Å². The minimum absolute atomic E-state index is 0.165. The Morgan fingerprint density at radius 3 is 2.05 bits per heavy atom. The molecule has 0 fully saturated rings. The lowest BCUT2D eigenvalue weighted by Crippen LogP contribution is -2.29. The zero-order valence-electron chi connectivity index (χ0n) is 11.7. The van der Waals surface area contributed by atoms with E-state index in [0.717, 1.165) is 0 Å². The number of nitrogens with one attached hydrogen (secondary N) is 2. The van der Waals surface area contributed by atoms with Gasteiger partial charge in [0.2, 0.25) is 5.91 Å². The third kappa shape index (κ3) is 5.09. The van der Waals surface area contributed by atoms with Gasteiger partial charge in [-0.3, -0.25) is 14.4 Å². The molecule has 0 radical (unpaired) electrons. The van der Waals surface area contributed by atoms with Crippen LogP contribution in [-0.2, 0) is 19.1 Å². The van der Waals surface area contributed by atoms with Crippen LogP contribution in [-0.4, -0.2) is 23.9 Å². The molecule has 0 spiro atoms. The number of amides is 2. The first-order chi connectivity index (χ1) is 9.42. The van der Waals surface area contributed by atoms with Crippen molar-refractivity contribution < 1.29 is 19.1 Å². The maximum atomic E-state index is 11.8. The molecule has 1 atom stereocenters. The predicted octanol–water partition coefficient (Wildman–Crippen LogP) is 1.93. The number of ether oxygens (including phenoxy) is 1. The number of benzene rings is 1. The van der Waals surface area contributed by atoms with E-state index in [4.69, 9.17) is 4.74 Å². The Kier molecular flexibility index (Phi) is 5.71. The summed E-state index contributed by atoms with van der Waals surface area (Å²) in [6.07, 6.45) is -0.624. The quantitative estimate of drug-likeness (QED) is 0.806. The Labute approximate surface area is 117 Å². The summed E-state index contributed by atoms with van der Waals surface area (Å²) >= 11 is 0. The largest absolute Gasteiger partial charge is 0.453 e. The van der Waals surface area contributed by atoms with Crippen LogP contribution in [0, 0.1) is 0 Å². The van der Waals surface area contributed by atoms with Gasteiger partial charge in [-0.25, -0.2) is 0 Å². The van der Waals surface area contributed by atoms with Crippen molar-refractivity contribution in [3.63, 3.8) is 0 Å². The number of carbonyl (C=O) groups excluding carboxylic acids is 3. The molecule has 0 aliphatic rings. The first kappa shape index (κ1) is 15.7. The second-order valence-electron chi connectivity index (χ2n) is 4.23. The van der Waals surface area contributed by atoms with Crippen molar-refractivity contribution in [1.82, 2.24) is 0 Å². The number of anilines is 2. The minimum atomic E-state index is -0.850. The van der Waals surface area contributed by atoms with E-state index in [1.54, 1.807) is 31.2 Å². The molecule has 0 aromatic heterocycles. The first-order valence-electron chi connectivity index (χ1n) is 6.30. The van der Waals surface area contributed by atoms with Gasteiger partial charge in [0.15, 0.2) is 6.10 Å². The Morgan fingerprint density at radius 2 is 1.60 bits per heavy atom. The number of carbonyl (C=O) groups is 3. The Hall–Kier alpha value is -2.37. The third-order valence-electron chi connectivity index (χ3n) is 2.44. The molecule has 0 bridgehead atoms. The molecule has 0 aliphatic heterocycles. The van der Waals surface area contributed by atoms with Gasteiger partial charge in [0.1, 0.15) is 0 Å². The summed E-state index contributed by atoms with van der Waals surface area (Å²) in [4.78, 5) is 33.7. The van der Waals surface area contributed by atoms with Gasteiger partial charge >= 0.3 is 5.97 Å². The standard InChI is InChI=1S/C14H18N2O4/c1-4-13(18)20-9(2)14(19)16-12-7-5-11(6-8-12)15-10(3)17/h5-9H,4H2,1-3H3,(H,15,17)(H,16,19). The van der Waals surface area contributed by atoms with E-state index in [0.29, 0.717) is 11.4 Å². The van der Waals surface area contributed by atoms with Crippen LogP contribution in [0.4, 0.5) is 11.4 Å². The van der Waals surface area contributed by atoms with Crippen LogP contribution in [0.1, 0.15) is 27.2 Å². The topological polar surface area (TPSA) is 84.5 Å². The molecule has 6 nitrogen and oxygen atoms in total. The Bertz CT molecular complexity index is 496. The summed E-state index contributed by atoms with van der Waals surface area (Å²) in [5, 5.41) is 5.24. The van der Waals surface area contributed by atoms with Gasteiger partial charge in [0.05, 0.1) is 0 Å². The fraction of sp³-hybridized carbons (Fsp3) is 0.357. The number of esters is 1. The van der Waals surface area contributed by atoms with Crippen molar-refractivity contribution in [2.75, 3.05) is 10.6 Å². The molecular formula is C14H18N2O4. The van der Waals surface area contributed by atoms with Crippen molar-refractivity contribution in [1.29, 1.82) is 0 Å². The number of hydrogen-bond donors (Lipinski definition) is 2. The zero-order chi connectivity index (χ0) is 15.1. The highest BCUT2D eigenvalue weighted by Gasteiger charge is 2.16. The van der Waals surface area contributed by atoms with E-state index in [1.165, 1.54) is 13.8 Å². The van der Waals surface area contributed by atoms with Gasteiger partial charge in [0, 0.05) is 24.7 Å². The van der Waals surface area contributed by atoms with Crippen LogP contribution < -0.4 is 10.6 Å². The summed E-state index contributed by atoms with van der Waals surface area (Å²) in [6, 6.07) is 6.63. The minimum Gasteiger partial charge on any atom is -0.453 e. The van der Waals surface area contributed by atoms with Crippen LogP contribution in [0.25, 0.3) is 0 Å². The Balaban J connectivity index is 2.57. The van der Waals surface area contributed by atoms with Crippen molar-refractivity contribution in [2.24, 2.45) is 0 Å². The molecule has 1 rings (SSSR count). The molecule has 0 saturated heterocycles. The molecule has 0 saturated carbocycles. The first-order valence-corrected chi connectivity index (χ1v) is 6.30. The molecule has 0 aliphatic carbocycles. The van der Waals surface area contributed by atoms with Gasteiger partial charge in [0.25, 0.3) is 5.91 Å². The lowest BCUT2D eigenvalue weighted by atomic mass is 10.2. The molecule has 1 aromatic carbocycles. The maximum Gasteiger partial charge on any atom is 0.306 e. The lowest BCUT2D eigenvalue weighted by molar-refractivity contribution is -0.152. The summed E-state index contributed by atoms with van der Waals surface area (Å²) in [7, 11) is 0. The fourth-order valence-electron chi connectivity index (χ4n) is 1.42. The van der Waals surface area contributed by atoms with E-state index in [2.05, 4.69) is 10.6 Å². The van der Waals surface area contributed by atoms with Crippen LogP contribution in [0.15, 0.2) is 24.3 Å². The molecule has 2 amide bonds. The van der Waals surface area contributed by atoms with Crippen molar-refractivity contribution in [3.8, 4) is 0 Å². The monoisotopic (exact) mass is 278 g/mol. The molecule has 1 aromatic rings. The number of hydrogen-bond acceptors (Lipinski definition) is 4. The smallest absolute Gasteiger partial charge is 0.306 e. The highest BCUT2D eigenvalue weighted by Crippen LogP contribution is 2.14. The third-order valence-corrected chi connectivity index (χ3v) is 2.44. The van der Waals surface area contributed by atoms with Crippen LogP contribution >= 0.6 is 0 Å². The van der Waals surface area contributed by atoms with Crippen molar-refractivity contribution in [3.05, 3.63) is 24.3 Å². The highest BCUT2D eigenvalue weighted by atomic mass is 16.5. The van der Waals surface area contributed by atoms with Crippen LogP contribution in [0.5, 0.6) is 0 Å². The predicted molar refractivity (Wildman–Crippen MR) is 75.2 cm³/mol. The maximum absolute atomic E-state index is 11.8. The van der Waals surface area contributed by atoms with E-state index in [9.17, 15) is 14.4 Å². The van der Waals surface area contributed by atoms with Crippen molar-refractivity contribution >= 4 is 29.2 Å². The van der Waals surface area contributed by atoms with E-state index >= 15 is 0 Å². The summed E-state index contributed by atoms with van der Waals surface area (Å²) < 4.78 is 4.90. The SMILES string of the molecule is CCC(=O)OC(C)C(=O)Nc1ccc(NC(C)=O)cc1. The van der Waals surface area contributed by atoms with Gasteiger partial charge in [-0.15, -0.1) is 0 Å². The lowest BCUT2D eigenvalue weighted by Gasteiger charge is -2.13. The Morgan fingerprint density at radius 1 is 1.10 bits per heavy atom. The fourth-order valence-corrected chi connectivity index (χ4v) is 1.42. The zero-order valence-corrected chi connectivity index (χ0v) is 11.7. The molecule has 6 heteroatoms. The second-order valence-corrected chi connectivity index (χ2v) is 4.23. The molecule has 108 valence electrons. The summed E-state index contributed by atoms with van der Waals surface area (Å²) in [5.74, 6) is -0.991. The van der Waals surface area contributed by atoms with Crippen LogP contribution in [0.2, 0.25) is 0 Å². The second kappa shape index (κ2) is 7.28. The molecule has 20 heavy (non-hydrogen) atoms. The van der Waals surface area contributed by atoms with Gasteiger partial charge in [-0.05, 0) is 31.2 Å². The summed E-state index contributed by atoms with van der Waals surface area (Å²) in [6.45, 7) is 4.59. The van der Waals surface area contributed by atoms with Gasteiger partial charge in [-0.2, -0.15) is 0 Å². The average molecular weight is 278 g/mol. The van der Waals surface area contributed by atoms with Crippen molar-refractivity contribution in [2.45, 2.75) is 33.3 Å². The molecule has 0 heterocycles. The van der Waals surface area contributed by atoms with Gasteiger partial charge in [-0.1, -0.05) is 6.92 Å². The molecule has 2 N–H and O–H groups in total. The van der Waals surface area contributed by atoms with Gasteiger partial charge < -0.3 is 15.4 Å². The average Bonchev–Trinajstić information content (AvgIpc) is 2.40.